The molecule has 1 aliphatic carbocycles. The number of hydrogen-bond donors (Lipinski definition) is 1. The normalized spacial score (nSPS) is 14.8. The number of nitrogens with one attached hydrogen (secondary N) is 1. The molecule has 1 fully saturated rings. The highest BCUT2D eigenvalue weighted by atomic mass is 32.2. The van der Waals surface area contributed by atoms with Gasteiger partial charge >= 0.3 is 0 Å². The molecule has 7 nitrogen and oxygen atoms in total. The fraction of sp³-hybridized carbons (Fsp3) is 0.435. The lowest BCUT2D eigenvalue weighted by Gasteiger charge is -2.22. The number of rotatable bonds is 9. The van der Waals surface area contributed by atoms with E-state index in [-0.39, 0.29) is 23.5 Å². The van der Waals surface area contributed by atoms with Crippen molar-refractivity contribution in [1.82, 2.24) is 9.62 Å². The van der Waals surface area contributed by atoms with Crippen LogP contribution in [0.1, 0.15) is 37.7 Å². The first-order chi connectivity index (χ1) is 14.9. The maximum Gasteiger partial charge on any atom is 0.260 e. The molecule has 0 spiro atoms. The minimum absolute atomic E-state index is 0.00790. The lowest BCUT2D eigenvalue weighted by Crippen LogP contribution is -2.36. The zero-order chi connectivity index (χ0) is 22.3. The number of benzene rings is 2. The number of carbonyl (C=O) groups is 1. The zero-order valence-corrected chi connectivity index (χ0v) is 18.9. The molecule has 1 saturated carbocycles. The predicted molar refractivity (Wildman–Crippen MR) is 119 cm³/mol. The van der Waals surface area contributed by atoms with Crippen LogP contribution in [0.5, 0.6) is 11.5 Å². The van der Waals surface area contributed by atoms with Gasteiger partial charge in [0.05, 0.1) is 12.0 Å². The Kier molecular flexibility index (Phi) is 7.92. The highest BCUT2D eigenvalue weighted by Gasteiger charge is 2.21. The van der Waals surface area contributed by atoms with Crippen LogP contribution in [-0.2, 0) is 21.4 Å². The molecule has 0 atom stereocenters. The quantitative estimate of drug-likeness (QED) is 0.639. The lowest BCUT2D eigenvalue weighted by molar-refractivity contribution is -0.132. The molecule has 168 valence electrons. The van der Waals surface area contributed by atoms with Crippen LogP contribution in [0.15, 0.2) is 53.4 Å². The van der Waals surface area contributed by atoms with Gasteiger partial charge in [0.1, 0.15) is 11.5 Å². The fourth-order valence-corrected chi connectivity index (χ4v) is 4.88. The molecule has 0 unspecified atom stereocenters. The summed E-state index contributed by atoms with van der Waals surface area (Å²) < 4.78 is 38.6. The van der Waals surface area contributed by atoms with Crippen LogP contribution < -0.4 is 14.2 Å². The van der Waals surface area contributed by atoms with Gasteiger partial charge in [0.25, 0.3) is 5.91 Å². The topological polar surface area (TPSA) is 84.9 Å². The third-order valence-corrected chi connectivity index (χ3v) is 6.96. The second-order valence-corrected chi connectivity index (χ2v) is 9.53. The van der Waals surface area contributed by atoms with Crippen LogP contribution in [0, 0.1) is 0 Å². The maximum atomic E-state index is 12.6. The van der Waals surface area contributed by atoms with E-state index in [1.165, 1.54) is 12.1 Å². The van der Waals surface area contributed by atoms with Crippen molar-refractivity contribution in [3.63, 3.8) is 0 Å². The van der Waals surface area contributed by atoms with Crippen molar-refractivity contribution in [2.75, 3.05) is 20.8 Å². The largest absolute Gasteiger partial charge is 0.497 e. The average Bonchev–Trinajstić information content (AvgIpc) is 2.78. The smallest absolute Gasteiger partial charge is 0.260 e. The fourth-order valence-electron chi connectivity index (χ4n) is 3.57. The highest BCUT2D eigenvalue weighted by molar-refractivity contribution is 7.89. The number of ether oxygens (including phenoxy) is 2. The van der Waals surface area contributed by atoms with Gasteiger partial charge < -0.3 is 14.4 Å². The Morgan fingerprint density at radius 1 is 1.00 bits per heavy atom. The molecule has 31 heavy (non-hydrogen) atoms. The molecule has 2 aromatic carbocycles. The molecule has 0 bridgehead atoms. The maximum absolute atomic E-state index is 12.6. The minimum atomic E-state index is -3.55. The van der Waals surface area contributed by atoms with Crippen LogP contribution in [0.3, 0.4) is 0 Å². The van der Waals surface area contributed by atoms with Crippen molar-refractivity contribution in [2.45, 2.75) is 49.6 Å². The van der Waals surface area contributed by atoms with Gasteiger partial charge in [-0.3, -0.25) is 4.79 Å². The summed E-state index contributed by atoms with van der Waals surface area (Å²) in [6.45, 7) is 0.329. The summed E-state index contributed by atoms with van der Waals surface area (Å²) in [7, 11) is -0.231. The highest BCUT2D eigenvalue weighted by Crippen LogP contribution is 2.21. The molecule has 0 radical (unpaired) electrons. The SMILES string of the molecule is COc1ccc(CN(C)C(=O)COc2ccc(S(=O)(=O)NC3CCCCC3)cc2)cc1. The number of nitrogens with zero attached hydrogens (tertiary/aromatic N) is 1. The average molecular weight is 447 g/mol. The molecule has 2 aromatic rings. The summed E-state index contributed by atoms with van der Waals surface area (Å²) in [5.41, 5.74) is 0.983. The number of likely N-dealkylation sites (N-methyl/N-ethyl adjacent to an activating group) is 1. The molecule has 0 aliphatic heterocycles. The van der Waals surface area contributed by atoms with E-state index < -0.39 is 10.0 Å². The first kappa shape index (κ1) is 23.1. The predicted octanol–water partition coefficient (Wildman–Crippen LogP) is 3.34. The third-order valence-electron chi connectivity index (χ3n) is 5.43. The van der Waals surface area contributed by atoms with E-state index in [9.17, 15) is 13.2 Å². The summed E-state index contributed by atoms with van der Waals surface area (Å²) in [6, 6.07) is 13.7. The number of methoxy groups -OCH3 is 1. The van der Waals surface area contributed by atoms with Crippen LogP contribution in [0.25, 0.3) is 0 Å². The first-order valence-corrected chi connectivity index (χ1v) is 12.0. The van der Waals surface area contributed by atoms with Crippen LogP contribution >= 0.6 is 0 Å². The Labute approximate surface area is 184 Å². The van der Waals surface area contributed by atoms with Gasteiger partial charge in [-0.25, -0.2) is 13.1 Å². The first-order valence-electron chi connectivity index (χ1n) is 10.5. The van der Waals surface area contributed by atoms with E-state index >= 15 is 0 Å². The number of amides is 1. The molecule has 0 heterocycles. The van der Waals surface area contributed by atoms with Gasteiger partial charge in [-0.15, -0.1) is 0 Å². The standard InChI is InChI=1S/C23H30N2O5S/c1-25(16-18-8-10-20(29-2)11-9-18)23(26)17-30-21-12-14-22(15-13-21)31(27,28)24-19-6-4-3-5-7-19/h8-15,19,24H,3-7,16-17H2,1-2H3. The van der Waals surface area contributed by atoms with Gasteiger partial charge in [-0.1, -0.05) is 31.4 Å². The monoisotopic (exact) mass is 446 g/mol. The zero-order valence-electron chi connectivity index (χ0n) is 18.0. The van der Waals surface area contributed by atoms with E-state index in [4.69, 9.17) is 9.47 Å². The van der Waals surface area contributed by atoms with Crippen LogP contribution in [-0.4, -0.2) is 46.0 Å². The van der Waals surface area contributed by atoms with Crippen molar-refractivity contribution in [2.24, 2.45) is 0 Å². The van der Waals surface area contributed by atoms with Gasteiger partial charge in [0.15, 0.2) is 6.61 Å². The van der Waals surface area contributed by atoms with Crippen molar-refractivity contribution >= 4 is 15.9 Å². The number of hydrogen-bond acceptors (Lipinski definition) is 5. The van der Waals surface area contributed by atoms with E-state index in [2.05, 4.69) is 4.72 Å². The van der Waals surface area contributed by atoms with Gasteiger partial charge in [-0.05, 0) is 54.8 Å². The van der Waals surface area contributed by atoms with Crippen LogP contribution in [0.4, 0.5) is 0 Å². The molecule has 8 heteroatoms. The summed E-state index contributed by atoms with van der Waals surface area (Å²) in [5, 5.41) is 0. The van der Waals surface area contributed by atoms with E-state index in [1.54, 1.807) is 31.2 Å². The molecule has 0 saturated heterocycles. The van der Waals surface area contributed by atoms with Crippen LogP contribution in [0.2, 0.25) is 0 Å². The van der Waals surface area contributed by atoms with Crippen molar-refractivity contribution in [3.8, 4) is 11.5 Å². The summed E-state index contributed by atoms with van der Waals surface area (Å²) in [4.78, 5) is 14.1. The summed E-state index contributed by atoms with van der Waals surface area (Å²) in [6.07, 6.45) is 5.04. The van der Waals surface area contributed by atoms with Gasteiger partial charge in [-0.2, -0.15) is 0 Å². The van der Waals surface area contributed by atoms with E-state index in [0.29, 0.717) is 12.3 Å². The molecule has 0 aromatic heterocycles. The van der Waals surface area contributed by atoms with Crippen molar-refractivity contribution in [3.05, 3.63) is 54.1 Å². The van der Waals surface area contributed by atoms with E-state index in [1.807, 2.05) is 24.3 Å². The molecule has 1 amide bonds. The van der Waals surface area contributed by atoms with E-state index in [0.717, 1.165) is 43.4 Å². The summed E-state index contributed by atoms with van der Waals surface area (Å²) in [5.74, 6) is 1.04. The van der Waals surface area contributed by atoms with Gasteiger partial charge in [0.2, 0.25) is 10.0 Å². The minimum Gasteiger partial charge on any atom is -0.497 e. The van der Waals surface area contributed by atoms with Gasteiger partial charge in [0, 0.05) is 19.6 Å². The third kappa shape index (κ3) is 6.70. The number of carbonyl (C=O) groups excluding carboxylic acids is 1. The van der Waals surface area contributed by atoms with Crippen molar-refractivity contribution < 1.29 is 22.7 Å². The molecule has 1 aliphatic rings. The molecular weight excluding hydrogens is 416 g/mol. The molecular formula is C23H30N2O5S. The Morgan fingerprint density at radius 3 is 2.23 bits per heavy atom. The second-order valence-electron chi connectivity index (χ2n) is 7.81. The Balaban J connectivity index is 1.50. The lowest BCUT2D eigenvalue weighted by atomic mass is 9.96. The Hall–Kier alpha value is -2.58. The molecule has 1 N–H and O–H groups in total. The van der Waals surface area contributed by atoms with Crippen molar-refractivity contribution in [1.29, 1.82) is 0 Å². The Bertz CT molecular complexity index is 952. The Morgan fingerprint density at radius 2 is 1.61 bits per heavy atom. The second kappa shape index (κ2) is 10.6. The summed E-state index contributed by atoms with van der Waals surface area (Å²) >= 11 is 0. The number of sulfonamides is 1. The molecule has 3 rings (SSSR count).